The molecule has 0 aromatic heterocycles. The number of hydrogen-bond donors (Lipinski definition) is 1. The van der Waals surface area contributed by atoms with Crippen LogP contribution >= 0.6 is 0 Å². The summed E-state index contributed by atoms with van der Waals surface area (Å²) in [5.74, 6) is -2.57. The van der Waals surface area contributed by atoms with E-state index in [-0.39, 0.29) is 55.8 Å². The van der Waals surface area contributed by atoms with Crippen molar-refractivity contribution in [3.63, 3.8) is 0 Å². The van der Waals surface area contributed by atoms with Gasteiger partial charge < -0.3 is 14.9 Å². The van der Waals surface area contributed by atoms with Crippen LogP contribution in [-0.4, -0.2) is 78.8 Å². The van der Waals surface area contributed by atoms with Crippen molar-refractivity contribution in [3.8, 4) is 0 Å². The largest absolute Gasteiger partial charge is 0.481 e. The molecule has 8 nitrogen and oxygen atoms in total. The molecule has 134 valence electrons. The molecule has 0 aromatic rings. The number of carboxylic acid groups (broad SMARTS) is 1. The summed E-state index contributed by atoms with van der Waals surface area (Å²) in [6, 6.07) is 0. The number of nitrogens with zero attached hydrogens (tertiary/aromatic N) is 2. The van der Waals surface area contributed by atoms with E-state index in [1.54, 1.807) is 6.92 Å². The fourth-order valence-electron chi connectivity index (χ4n) is 4.14. The Labute approximate surface area is 140 Å². The predicted molar refractivity (Wildman–Crippen MR) is 83.8 cm³/mol. The molecule has 1 N–H and O–H groups in total. The molecule has 24 heavy (non-hydrogen) atoms. The van der Waals surface area contributed by atoms with Crippen molar-refractivity contribution in [2.75, 3.05) is 37.7 Å². The van der Waals surface area contributed by atoms with E-state index in [1.165, 1.54) is 9.80 Å². The first kappa shape index (κ1) is 17.2. The van der Waals surface area contributed by atoms with Crippen LogP contribution in [0.2, 0.25) is 0 Å². The Balaban J connectivity index is 1.76. The van der Waals surface area contributed by atoms with Gasteiger partial charge in [-0.2, -0.15) is 0 Å². The summed E-state index contributed by atoms with van der Waals surface area (Å²) in [6.45, 7) is 2.53. The van der Waals surface area contributed by atoms with E-state index in [0.717, 1.165) is 0 Å². The van der Waals surface area contributed by atoms with E-state index >= 15 is 0 Å². The van der Waals surface area contributed by atoms with Crippen LogP contribution in [0.3, 0.4) is 0 Å². The molecule has 2 atom stereocenters. The molecule has 0 bridgehead atoms. The normalized spacial score (nSPS) is 32.9. The Morgan fingerprint density at radius 1 is 1.25 bits per heavy atom. The predicted octanol–water partition coefficient (Wildman–Crippen LogP) is -0.797. The molecule has 0 radical (unpaired) electrons. The van der Waals surface area contributed by atoms with Crippen molar-refractivity contribution in [1.82, 2.24) is 9.80 Å². The van der Waals surface area contributed by atoms with Crippen molar-refractivity contribution in [1.29, 1.82) is 0 Å². The number of hydrogen-bond acceptors (Lipinski definition) is 5. The van der Waals surface area contributed by atoms with Gasteiger partial charge in [-0.1, -0.05) is 0 Å². The molecular formula is C15H22N2O6S. The quantitative estimate of drug-likeness (QED) is 0.707. The zero-order valence-electron chi connectivity index (χ0n) is 13.6. The monoisotopic (exact) mass is 358 g/mol. The van der Waals surface area contributed by atoms with Crippen LogP contribution in [0.4, 0.5) is 0 Å². The summed E-state index contributed by atoms with van der Waals surface area (Å²) in [4.78, 5) is 39.9. The highest BCUT2D eigenvalue weighted by molar-refractivity contribution is 7.91. The molecule has 3 heterocycles. The van der Waals surface area contributed by atoms with E-state index in [2.05, 4.69) is 0 Å². The summed E-state index contributed by atoms with van der Waals surface area (Å²) in [5.41, 5.74) is -1.23. The number of carboxylic acids is 1. The molecule has 0 saturated carbocycles. The summed E-state index contributed by atoms with van der Waals surface area (Å²) in [6.07, 6.45) is 0.550. The molecule has 3 rings (SSSR count). The lowest BCUT2D eigenvalue weighted by molar-refractivity contribution is -0.150. The maximum Gasteiger partial charge on any atom is 0.314 e. The van der Waals surface area contributed by atoms with Crippen LogP contribution in [0.25, 0.3) is 0 Å². The third kappa shape index (κ3) is 2.58. The van der Waals surface area contributed by atoms with Crippen molar-refractivity contribution in [2.45, 2.75) is 19.8 Å². The van der Waals surface area contributed by atoms with E-state index in [1.807, 2.05) is 0 Å². The number of carbonyl (C=O) groups excluding carboxylic acids is 2. The van der Waals surface area contributed by atoms with Gasteiger partial charge in [0.05, 0.1) is 17.4 Å². The fourth-order valence-corrected chi connectivity index (χ4v) is 5.63. The Morgan fingerprint density at radius 2 is 1.88 bits per heavy atom. The molecule has 3 saturated heterocycles. The van der Waals surface area contributed by atoms with Gasteiger partial charge in [-0.05, 0) is 19.8 Å². The van der Waals surface area contributed by atoms with Gasteiger partial charge in [-0.25, -0.2) is 8.42 Å². The standard InChI is InChI=1S/C15H22N2O6S/c1-2-16-8-15(14(20)21)9-17(7-11(15)13(16)19)12(18)10-3-5-24(22,23)6-4-10/h10-11H,2-9H2,1H3,(H,20,21)/t11-,15+/m1/s1. The fraction of sp³-hybridized carbons (Fsp3) is 0.800. The Morgan fingerprint density at radius 3 is 2.38 bits per heavy atom. The summed E-state index contributed by atoms with van der Waals surface area (Å²) >= 11 is 0. The van der Waals surface area contributed by atoms with Crippen LogP contribution in [0, 0.1) is 17.3 Å². The van der Waals surface area contributed by atoms with Crippen molar-refractivity contribution in [2.24, 2.45) is 17.3 Å². The number of likely N-dealkylation sites (tertiary alicyclic amines) is 2. The summed E-state index contributed by atoms with van der Waals surface area (Å²) in [5, 5.41) is 9.69. The molecule has 0 aliphatic carbocycles. The first-order valence-electron chi connectivity index (χ1n) is 8.21. The second kappa shape index (κ2) is 5.72. The topological polar surface area (TPSA) is 112 Å². The van der Waals surface area contributed by atoms with Gasteiger partial charge in [-0.3, -0.25) is 14.4 Å². The minimum Gasteiger partial charge on any atom is -0.481 e. The van der Waals surface area contributed by atoms with Gasteiger partial charge >= 0.3 is 5.97 Å². The zero-order valence-corrected chi connectivity index (χ0v) is 14.4. The third-order valence-electron chi connectivity index (χ3n) is 5.65. The molecule has 3 aliphatic heterocycles. The summed E-state index contributed by atoms with van der Waals surface area (Å²) < 4.78 is 23.0. The average molecular weight is 358 g/mol. The van der Waals surface area contributed by atoms with Gasteiger partial charge in [-0.15, -0.1) is 0 Å². The average Bonchev–Trinajstić information content (AvgIpc) is 3.03. The number of fused-ring (bicyclic) bond motifs is 1. The minimum atomic E-state index is -3.06. The smallest absolute Gasteiger partial charge is 0.314 e. The van der Waals surface area contributed by atoms with Crippen LogP contribution in [-0.2, 0) is 24.2 Å². The molecule has 0 unspecified atom stereocenters. The van der Waals surface area contributed by atoms with Crippen molar-refractivity contribution in [3.05, 3.63) is 0 Å². The molecular weight excluding hydrogens is 336 g/mol. The lowest BCUT2D eigenvalue weighted by Crippen LogP contribution is -2.44. The maximum atomic E-state index is 12.7. The molecule has 2 amide bonds. The van der Waals surface area contributed by atoms with E-state index in [4.69, 9.17) is 0 Å². The molecule has 3 aliphatic rings. The lowest BCUT2D eigenvalue weighted by Gasteiger charge is -2.29. The van der Waals surface area contributed by atoms with Crippen LogP contribution in [0.1, 0.15) is 19.8 Å². The molecule has 9 heteroatoms. The van der Waals surface area contributed by atoms with Crippen LogP contribution < -0.4 is 0 Å². The van der Waals surface area contributed by atoms with Crippen molar-refractivity contribution >= 4 is 27.6 Å². The summed E-state index contributed by atoms with van der Waals surface area (Å²) in [7, 11) is -3.06. The molecule has 0 spiro atoms. The minimum absolute atomic E-state index is 0.00666. The second-order valence-electron chi connectivity index (χ2n) is 7.01. The van der Waals surface area contributed by atoms with E-state index < -0.39 is 33.1 Å². The SMILES string of the molecule is CCN1C[C@]2(C(=O)O)CN(C(=O)C3CCS(=O)(=O)CC3)C[C@@H]2C1=O. The Kier molecular flexibility index (Phi) is 4.09. The number of carbonyl (C=O) groups is 3. The van der Waals surface area contributed by atoms with Crippen LogP contribution in [0.5, 0.6) is 0 Å². The van der Waals surface area contributed by atoms with Gasteiger partial charge in [0.1, 0.15) is 15.3 Å². The van der Waals surface area contributed by atoms with Crippen molar-refractivity contribution < 1.29 is 27.9 Å². The lowest BCUT2D eigenvalue weighted by atomic mass is 9.81. The zero-order chi connectivity index (χ0) is 17.7. The van der Waals surface area contributed by atoms with Gasteiger partial charge in [0.2, 0.25) is 11.8 Å². The van der Waals surface area contributed by atoms with E-state index in [0.29, 0.717) is 6.54 Å². The third-order valence-corrected chi connectivity index (χ3v) is 7.36. The molecule has 0 aromatic carbocycles. The maximum absolute atomic E-state index is 12.7. The highest BCUT2D eigenvalue weighted by Gasteiger charge is 2.62. The van der Waals surface area contributed by atoms with Gasteiger partial charge in [0, 0.05) is 32.1 Å². The molecule has 3 fully saturated rings. The first-order chi connectivity index (χ1) is 11.2. The number of aliphatic carboxylic acids is 1. The van der Waals surface area contributed by atoms with E-state index in [9.17, 15) is 27.9 Å². The Hall–Kier alpha value is -1.64. The number of sulfone groups is 1. The highest BCUT2D eigenvalue weighted by Crippen LogP contribution is 2.44. The van der Waals surface area contributed by atoms with Gasteiger partial charge in [0.25, 0.3) is 0 Å². The number of rotatable bonds is 3. The van der Waals surface area contributed by atoms with Crippen LogP contribution in [0.15, 0.2) is 0 Å². The highest BCUT2D eigenvalue weighted by atomic mass is 32.2. The number of amides is 2. The second-order valence-corrected chi connectivity index (χ2v) is 9.31. The Bertz CT molecular complexity index is 676. The van der Waals surface area contributed by atoms with Gasteiger partial charge in [0.15, 0.2) is 0 Å². The first-order valence-corrected chi connectivity index (χ1v) is 10.0.